The largest absolute Gasteiger partial charge is 0.385 e. The third-order valence-electron chi connectivity index (χ3n) is 2.40. The van der Waals surface area contributed by atoms with Gasteiger partial charge >= 0.3 is 0 Å². The number of nitrogens with zero attached hydrogens (tertiary/aromatic N) is 2. The van der Waals surface area contributed by atoms with Crippen molar-refractivity contribution >= 4 is 11.6 Å². The van der Waals surface area contributed by atoms with E-state index in [1.54, 1.807) is 24.9 Å². The van der Waals surface area contributed by atoms with Crippen molar-refractivity contribution in [3.05, 3.63) is 16.9 Å². The van der Waals surface area contributed by atoms with Crippen LogP contribution in [0, 0.1) is 0 Å². The molecule has 0 aliphatic rings. The van der Waals surface area contributed by atoms with Crippen LogP contribution in [-0.2, 0) is 16.9 Å². The molecule has 0 saturated carbocycles. The zero-order chi connectivity index (χ0) is 11.5. The zero-order valence-corrected chi connectivity index (χ0v) is 10.1. The highest BCUT2D eigenvalue weighted by Crippen LogP contribution is 2.30. The Hall–Kier alpha value is -0.580. The predicted octanol–water partition coefficient (Wildman–Crippen LogP) is 1.80. The predicted molar refractivity (Wildman–Crippen MR) is 59.0 cm³/mol. The molecule has 86 valence electrons. The van der Waals surface area contributed by atoms with Gasteiger partial charge in [-0.25, -0.2) is 0 Å². The average molecular weight is 233 g/mol. The lowest BCUT2D eigenvalue weighted by Crippen LogP contribution is -2.27. The summed E-state index contributed by atoms with van der Waals surface area (Å²) in [5.41, 5.74) is -0.344. The average Bonchev–Trinajstić information content (AvgIpc) is 2.57. The topological polar surface area (TPSA) is 47.3 Å². The minimum absolute atomic E-state index is 0.484. The van der Waals surface area contributed by atoms with Gasteiger partial charge in [-0.2, -0.15) is 5.10 Å². The zero-order valence-electron chi connectivity index (χ0n) is 9.33. The minimum atomic E-state index is -1.00. The summed E-state index contributed by atoms with van der Waals surface area (Å²) in [6, 6.07) is 0. The standard InChI is InChI=1S/C10H17ClN2O2/c1-4-13-9(8(11)7-12-13)10(2,14)5-6-15-3/h7,14H,4-6H2,1-3H3. The fraction of sp³-hybridized carbons (Fsp3) is 0.700. The van der Waals surface area contributed by atoms with Crippen molar-refractivity contribution in [3.8, 4) is 0 Å². The van der Waals surface area contributed by atoms with E-state index in [9.17, 15) is 5.11 Å². The van der Waals surface area contributed by atoms with Crippen molar-refractivity contribution in [3.63, 3.8) is 0 Å². The van der Waals surface area contributed by atoms with E-state index in [2.05, 4.69) is 5.10 Å². The highest BCUT2D eigenvalue weighted by atomic mass is 35.5. The van der Waals surface area contributed by atoms with Crippen molar-refractivity contribution in [1.29, 1.82) is 0 Å². The van der Waals surface area contributed by atoms with Crippen LogP contribution in [0.3, 0.4) is 0 Å². The van der Waals surface area contributed by atoms with Crippen LogP contribution in [-0.4, -0.2) is 28.6 Å². The molecule has 1 unspecified atom stereocenters. The monoisotopic (exact) mass is 232 g/mol. The summed E-state index contributed by atoms with van der Waals surface area (Å²) in [6.45, 7) is 4.85. The second-order valence-corrected chi connectivity index (χ2v) is 4.08. The van der Waals surface area contributed by atoms with E-state index in [0.29, 0.717) is 30.3 Å². The fourth-order valence-corrected chi connectivity index (χ4v) is 1.90. The molecule has 0 aromatic carbocycles. The lowest BCUT2D eigenvalue weighted by Gasteiger charge is -2.24. The Bertz CT molecular complexity index is 323. The number of aryl methyl sites for hydroxylation is 1. The van der Waals surface area contributed by atoms with Gasteiger partial charge in [0.15, 0.2) is 0 Å². The summed E-state index contributed by atoms with van der Waals surface area (Å²) in [5, 5.41) is 14.9. The summed E-state index contributed by atoms with van der Waals surface area (Å²) >= 11 is 6.00. The summed E-state index contributed by atoms with van der Waals surface area (Å²) in [7, 11) is 1.61. The van der Waals surface area contributed by atoms with Gasteiger partial charge in [-0.3, -0.25) is 4.68 Å². The maximum Gasteiger partial charge on any atom is 0.107 e. The Balaban J connectivity index is 2.96. The number of hydrogen-bond acceptors (Lipinski definition) is 3. The third kappa shape index (κ3) is 2.71. The van der Waals surface area contributed by atoms with Gasteiger partial charge in [0, 0.05) is 26.7 Å². The molecule has 1 N–H and O–H groups in total. The SMILES string of the molecule is CCn1ncc(Cl)c1C(C)(O)CCOC. The highest BCUT2D eigenvalue weighted by molar-refractivity contribution is 6.31. The van der Waals surface area contributed by atoms with E-state index in [4.69, 9.17) is 16.3 Å². The molecule has 1 aromatic rings. The molecular formula is C10H17ClN2O2. The van der Waals surface area contributed by atoms with E-state index in [1.807, 2.05) is 6.92 Å². The summed E-state index contributed by atoms with van der Waals surface area (Å²) in [4.78, 5) is 0. The van der Waals surface area contributed by atoms with Crippen LogP contribution in [0.25, 0.3) is 0 Å². The molecule has 0 spiro atoms. The molecule has 1 aromatic heterocycles. The first-order valence-corrected chi connectivity index (χ1v) is 5.33. The van der Waals surface area contributed by atoms with Gasteiger partial charge in [0.05, 0.1) is 16.9 Å². The van der Waals surface area contributed by atoms with Crippen molar-refractivity contribution in [2.45, 2.75) is 32.4 Å². The number of aliphatic hydroxyl groups is 1. The number of halogens is 1. The second-order valence-electron chi connectivity index (χ2n) is 3.67. The van der Waals surface area contributed by atoms with Crippen molar-refractivity contribution in [2.24, 2.45) is 0 Å². The molecule has 1 atom stereocenters. The molecule has 1 rings (SSSR count). The maximum absolute atomic E-state index is 10.3. The molecule has 15 heavy (non-hydrogen) atoms. The van der Waals surface area contributed by atoms with E-state index in [-0.39, 0.29) is 0 Å². The molecule has 0 saturated heterocycles. The second kappa shape index (κ2) is 4.96. The lowest BCUT2D eigenvalue weighted by atomic mass is 9.98. The number of rotatable bonds is 5. The van der Waals surface area contributed by atoms with Crippen molar-refractivity contribution < 1.29 is 9.84 Å². The van der Waals surface area contributed by atoms with Crippen LogP contribution >= 0.6 is 11.6 Å². The molecule has 0 amide bonds. The molecule has 0 radical (unpaired) electrons. The Morgan fingerprint density at radius 2 is 2.33 bits per heavy atom. The molecule has 0 fully saturated rings. The summed E-state index contributed by atoms with van der Waals surface area (Å²) in [6.07, 6.45) is 2.05. The molecule has 4 nitrogen and oxygen atoms in total. The van der Waals surface area contributed by atoms with E-state index < -0.39 is 5.60 Å². The smallest absolute Gasteiger partial charge is 0.107 e. The van der Waals surface area contributed by atoms with E-state index in [0.717, 1.165) is 0 Å². The quantitative estimate of drug-likeness (QED) is 0.842. The van der Waals surface area contributed by atoms with E-state index in [1.165, 1.54) is 0 Å². The normalized spacial score (nSPS) is 15.3. The Morgan fingerprint density at radius 1 is 1.67 bits per heavy atom. The molecule has 0 aliphatic heterocycles. The number of hydrogen-bond donors (Lipinski definition) is 1. The third-order valence-corrected chi connectivity index (χ3v) is 2.67. The molecule has 1 heterocycles. The maximum atomic E-state index is 10.3. The summed E-state index contributed by atoms with van der Waals surface area (Å²) in [5.74, 6) is 0. The lowest BCUT2D eigenvalue weighted by molar-refractivity contribution is 0.0136. The first-order chi connectivity index (χ1) is 7.03. The van der Waals surface area contributed by atoms with Crippen LogP contribution in [0.5, 0.6) is 0 Å². The number of ether oxygens (including phenoxy) is 1. The van der Waals surface area contributed by atoms with Crippen molar-refractivity contribution in [1.82, 2.24) is 9.78 Å². The molecule has 0 bridgehead atoms. The minimum Gasteiger partial charge on any atom is -0.385 e. The van der Waals surface area contributed by atoms with Crippen LogP contribution in [0.4, 0.5) is 0 Å². The van der Waals surface area contributed by atoms with Gasteiger partial charge in [-0.1, -0.05) is 11.6 Å². The molecular weight excluding hydrogens is 216 g/mol. The van der Waals surface area contributed by atoms with Crippen LogP contribution in [0.15, 0.2) is 6.20 Å². The van der Waals surface area contributed by atoms with Gasteiger partial charge < -0.3 is 9.84 Å². The van der Waals surface area contributed by atoms with E-state index >= 15 is 0 Å². The summed E-state index contributed by atoms with van der Waals surface area (Å²) < 4.78 is 6.66. The van der Waals surface area contributed by atoms with Gasteiger partial charge in [0.25, 0.3) is 0 Å². The Morgan fingerprint density at radius 3 is 2.87 bits per heavy atom. The first kappa shape index (κ1) is 12.5. The van der Waals surface area contributed by atoms with Gasteiger partial charge in [-0.15, -0.1) is 0 Å². The number of methoxy groups -OCH3 is 1. The Labute approximate surface area is 94.8 Å². The molecule has 5 heteroatoms. The Kier molecular flexibility index (Phi) is 4.13. The van der Waals surface area contributed by atoms with Crippen molar-refractivity contribution in [2.75, 3.05) is 13.7 Å². The van der Waals surface area contributed by atoms with Gasteiger partial charge in [0.2, 0.25) is 0 Å². The number of aromatic nitrogens is 2. The van der Waals surface area contributed by atoms with Gasteiger partial charge in [0.1, 0.15) is 5.60 Å². The first-order valence-electron chi connectivity index (χ1n) is 4.96. The molecule has 0 aliphatic carbocycles. The van der Waals surface area contributed by atoms with Gasteiger partial charge in [-0.05, 0) is 13.8 Å². The fourth-order valence-electron chi connectivity index (χ4n) is 1.56. The highest BCUT2D eigenvalue weighted by Gasteiger charge is 2.29. The van der Waals surface area contributed by atoms with Crippen LogP contribution in [0.1, 0.15) is 26.0 Å². The van der Waals surface area contributed by atoms with Crippen LogP contribution in [0.2, 0.25) is 5.02 Å². The van der Waals surface area contributed by atoms with Crippen LogP contribution < -0.4 is 0 Å².